The van der Waals surface area contributed by atoms with E-state index in [4.69, 9.17) is 10.5 Å². The number of aliphatic imine (C=N–C) groups is 1. The summed E-state index contributed by atoms with van der Waals surface area (Å²) in [5.41, 5.74) is 9.68. The number of amides is 1. The monoisotopic (exact) mass is 567 g/mol. The van der Waals surface area contributed by atoms with Crippen molar-refractivity contribution in [1.29, 1.82) is 0 Å². The molecule has 0 aromatic heterocycles. The first-order valence-corrected chi connectivity index (χ1v) is 13.8. The number of anilines is 1. The van der Waals surface area contributed by atoms with Gasteiger partial charge in [0.2, 0.25) is 5.91 Å². The lowest BCUT2D eigenvalue weighted by atomic mass is 9.53. The summed E-state index contributed by atoms with van der Waals surface area (Å²) in [7, 11) is 0. The van der Waals surface area contributed by atoms with Gasteiger partial charge in [0, 0.05) is 17.2 Å². The standard InChI is InChI=1S/C32H33F4N3O2/c1-3-41-24-6-4-5-23(16-24)39-30(40)29-25-12-7-20-15-28(38-22-10-8-21(33)9-11-22)19(18-37)17-31(20,2)26(25)13-14-27(29)32(34,35)36/h4-6,8-11,13,15-16,18,25,27,29H,3,7,12,14,17,37H2,1-2H3,(H,39,40)/t25-,27+,29+,31-/m0/s1. The fourth-order valence-corrected chi connectivity index (χ4v) is 6.61. The number of fused-ring (bicyclic) bond motifs is 3. The summed E-state index contributed by atoms with van der Waals surface area (Å²) in [6.07, 6.45) is 1.69. The van der Waals surface area contributed by atoms with Crippen LogP contribution in [-0.4, -0.2) is 24.4 Å². The molecule has 2 aromatic rings. The maximum absolute atomic E-state index is 14.3. The van der Waals surface area contributed by atoms with Gasteiger partial charge in [-0.1, -0.05) is 30.2 Å². The van der Waals surface area contributed by atoms with Gasteiger partial charge in [0.25, 0.3) is 0 Å². The molecule has 5 rings (SSSR count). The van der Waals surface area contributed by atoms with Gasteiger partial charge in [-0.05, 0) is 92.8 Å². The van der Waals surface area contributed by atoms with Gasteiger partial charge in [-0.25, -0.2) is 9.38 Å². The molecule has 216 valence electrons. The Kier molecular flexibility index (Phi) is 7.81. The number of hydrogen-bond acceptors (Lipinski definition) is 4. The largest absolute Gasteiger partial charge is 0.494 e. The third kappa shape index (κ3) is 5.67. The van der Waals surface area contributed by atoms with Crippen molar-refractivity contribution >= 4 is 23.0 Å². The molecular weight excluding hydrogens is 534 g/mol. The lowest BCUT2D eigenvalue weighted by Crippen LogP contribution is -2.49. The van der Waals surface area contributed by atoms with Gasteiger partial charge in [0.1, 0.15) is 11.6 Å². The minimum atomic E-state index is -4.53. The maximum Gasteiger partial charge on any atom is 0.392 e. The molecule has 0 aliphatic heterocycles. The van der Waals surface area contributed by atoms with E-state index < -0.39 is 35.3 Å². The van der Waals surface area contributed by atoms with Gasteiger partial charge >= 0.3 is 6.18 Å². The fourth-order valence-electron chi connectivity index (χ4n) is 6.61. The molecule has 1 amide bonds. The molecule has 0 heterocycles. The molecule has 41 heavy (non-hydrogen) atoms. The van der Waals surface area contributed by atoms with E-state index in [2.05, 4.69) is 10.3 Å². The SMILES string of the molecule is CCOc1cccc(NC(=O)[C@H]2[C@H](C(F)(F)F)CC=C3[C@@H]2CCC2=CC(=Nc4ccc(F)cc4)C(=CN)C[C@@]23C)c1. The number of rotatable bonds is 5. The van der Waals surface area contributed by atoms with Crippen LogP contribution in [0.4, 0.5) is 28.9 Å². The first-order chi connectivity index (χ1) is 19.5. The number of allylic oxidation sites excluding steroid dienone is 5. The molecule has 0 bridgehead atoms. The van der Waals surface area contributed by atoms with Crippen molar-refractivity contribution in [2.45, 2.75) is 45.7 Å². The van der Waals surface area contributed by atoms with Crippen molar-refractivity contribution in [3.63, 3.8) is 0 Å². The zero-order chi connectivity index (χ0) is 29.4. The number of nitrogens with zero attached hydrogens (tertiary/aromatic N) is 1. The molecule has 3 aliphatic carbocycles. The Hall–Kier alpha value is -3.88. The summed E-state index contributed by atoms with van der Waals surface area (Å²) in [6.45, 7) is 4.27. The highest BCUT2D eigenvalue weighted by atomic mass is 19.4. The van der Waals surface area contributed by atoms with Crippen molar-refractivity contribution in [3.8, 4) is 5.75 Å². The van der Waals surface area contributed by atoms with Crippen molar-refractivity contribution in [2.24, 2.45) is 33.9 Å². The van der Waals surface area contributed by atoms with E-state index in [1.807, 2.05) is 19.9 Å². The summed E-state index contributed by atoms with van der Waals surface area (Å²) >= 11 is 0. The van der Waals surface area contributed by atoms with E-state index in [0.29, 0.717) is 48.7 Å². The molecule has 1 saturated carbocycles. The van der Waals surface area contributed by atoms with Gasteiger partial charge in [-0.3, -0.25) is 4.79 Å². The third-order valence-electron chi connectivity index (χ3n) is 8.53. The molecule has 3 aliphatic rings. The van der Waals surface area contributed by atoms with Gasteiger partial charge in [0.15, 0.2) is 0 Å². The molecule has 9 heteroatoms. The fraction of sp³-hybridized carbons (Fsp3) is 0.375. The number of carbonyl (C=O) groups is 1. The first kappa shape index (κ1) is 28.6. The van der Waals surface area contributed by atoms with Gasteiger partial charge in [-0.15, -0.1) is 0 Å². The number of halogens is 4. The lowest BCUT2D eigenvalue weighted by molar-refractivity contribution is -0.196. The number of ether oxygens (including phenoxy) is 1. The Bertz CT molecular complexity index is 1440. The van der Waals surface area contributed by atoms with Crippen molar-refractivity contribution in [2.75, 3.05) is 11.9 Å². The van der Waals surface area contributed by atoms with Crippen molar-refractivity contribution in [1.82, 2.24) is 0 Å². The quantitative estimate of drug-likeness (QED) is 0.288. The van der Waals surface area contributed by atoms with E-state index in [-0.39, 0.29) is 12.2 Å². The molecule has 3 N–H and O–H groups in total. The van der Waals surface area contributed by atoms with Crippen LogP contribution in [0.1, 0.15) is 39.5 Å². The number of carbonyl (C=O) groups excluding carboxylic acids is 1. The minimum Gasteiger partial charge on any atom is -0.494 e. The molecular formula is C32H33F4N3O2. The number of alkyl halides is 3. The third-order valence-corrected chi connectivity index (χ3v) is 8.53. The molecule has 0 unspecified atom stereocenters. The molecule has 5 nitrogen and oxygen atoms in total. The number of nitrogens with one attached hydrogen (secondary N) is 1. The van der Waals surface area contributed by atoms with Crippen LogP contribution in [0.15, 0.2) is 88.6 Å². The Morgan fingerprint density at radius 3 is 2.66 bits per heavy atom. The number of nitrogens with two attached hydrogens (primary N) is 1. The van der Waals surface area contributed by atoms with Crippen LogP contribution in [0.25, 0.3) is 0 Å². The topological polar surface area (TPSA) is 76.7 Å². The van der Waals surface area contributed by atoms with Crippen LogP contribution in [0.2, 0.25) is 0 Å². The van der Waals surface area contributed by atoms with E-state index in [1.165, 1.54) is 18.3 Å². The summed E-state index contributed by atoms with van der Waals surface area (Å²) < 4.78 is 61.9. The van der Waals surface area contributed by atoms with Gasteiger partial charge in [-0.2, -0.15) is 13.2 Å². The summed E-state index contributed by atoms with van der Waals surface area (Å²) in [5, 5.41) is 2.75. The smallest absolute Gasteiger partial charge is 0.392 e. The Labute approximate surface area is 236 Å². The van der Waals surface area contributed by atoms with Crippen LogP contribution in [0.3, 0.4) is 0 Å². The second-order valence-corrected chi connectivity index (χ2v) is 11.0. The molecule has 0 radical (unpaired) electrons. The Morgan fingerprint density at radius 1 is 1.22 bits per heavy atom. The van der Waals surface area contributed by atoms with E-state index in [1.54, 1.807) is 42.5 Å². The predicted molar refractivity (Wildman–Crippen MR) is 151 cm³/mol. The molecule has 1 fully saturated rings. The molecule has 2 aromatic carbocycles. The summed E-state index contributed by atoms with van der Waals surface area (Å²) in [6, 6.07) is 12.5. The molecule has 4 atom stereocenters. The predicted octanol–water partition coefficient (Wildman–Crippen LogP) is 7.65. The van der Waals surface area contributed by atoms with Crippen LogP contribution in [0.5, 0.6) is 5.75 Å². The van der Waals surface area contributed by atoms with Gasteiger partial charge < -0.3 is 15.8 Å². The van der Waals surface area contributed by atoms with E-state index in [9.17, 15) is 22.4 Å². The Morgan fingerprint density at radius 2 is 1.98 bits per heavy atom. The average Bonchev–Trinajstić information content (AvgIpc) is 2.93. The normalized spacial score (nSPS) is 27.9. The maximum atomic E-state index is 14.3. The highest BCUT2D eigenvalue weighted by molar-refractivity contribution is 6.11. The van der Waals surface area contributed by atoms with E-state index in [0.717, 1.165) is 16.7 Å². The zero-order valence-corrected chi connectivity index (χ0v) is 23.0. The van der Waals surface area contributed by atoms with Crippen molar-refractivity contribution in [3.05, 3.63) is 89.4 Å². The van der Waals surface area contributed by atoms with Crippen LogP contribution >= 0.6 is 0 Å². The van der Waals surface area contributed by atoms with Crippen LogP contribution < -0.4 is 15.8 Å². The van der Waals surface area contributed by atoms with E-state index >= 15 is 0 Å². The number of hydrogen-bond donors (Lipinski definition) is 2. The lowest BCUT2D eigenvalue weighted by Gasteiger charge is -2.51. The van der Waals surface area contributed by atoms with Crippen LogP contribution in [0, 0.1) is 29.0 Å². The van der Waals surface area contributed by atoms with Gasteiger partial charge in [0.05, 0.1) is 29.8 Å². The number of benzene rings is 2. The average molecular weight is 568 g/mol. The summed E-state index contributed by atoms with van der Waals surface area (Å²) in [4.78, 5) is 18.3. The highest BCUT2D eigenvalue weighted by Gasteiger charge is 2.56. The summed E-state index contributed by atoms with van der Waals surface area (Å²) in [5.74, 6) is -4.12. The van der Waals surface area contributed by atoms with Crippen LogP contribution in [-0.2, 0) is 4.79 Å². The second-order valence-electron chi connectivity index (χ2n) is 11.0. The van der Waals surface area contributed by atoms with Crippen molar-refractivity contribution < 1.29 is 27.1 Å². The highest BCUT2D eigenvalue weighted by Crippen LogP contribution is 2.59. The molecule has 0 spiro atoms. The minimum absolute atomic E-state index is 0.270. The second kappa shape index (κ2) is 11.2. The molecule has 0 saturated heterocycles. The Balaban J connectivity index is 1.49. The first-order valence-electron chi connectivity index (χ1n) is 13.8. The zero-order valence-electron chi connectivity index (χ0n) is 23.0.